The Morgan fingerprint density at radius 3 is 2.54 bits per heavy atom. The average molecular weight is 442 g/mol. The summed E-state index contributed by atoms with van der Waals surface area (Å²) in [4.78, 5) is 25.3. The van der Waals surface area contributed by atoms with E-state index in [0.717, 1.165) is 4.88 Å². The number of rotatable bonds is 8. The van der Waals surface area contributed by atoms with Crippen molar-refractivity contribution in [1.82, 2.24) is 5.32 Å². The second-order valence-corrected chi connectivity index (χ2v) is 7.29. The molecule has 0 radical (unpaired) electrons. The number of carbonyl (C=O) groups excluding carboxylic acids is 2. The highest BCUT2D eigenvalue weighted by atomic mass is 79.9. The van der Waals surface area contributed by atoms with Gasteiger partial charge in [-0.2, -0.15) is 0 Å². The largest absolute Gasteiger partial charge is 0.493 e. The molecule has 2 rings (SSSR count). The highest BCUT2D eigenvalue weighted by Crippen LogP contribution is 2.33. The van der Waals surface area contributed by atoms with Gasteiger partial charge in [0.1, 0.15) is 0 Å². The Morgan fingerprint density at radius 1 is 1.23 bits per heavy atom. The van der Waals surface area contributed by atoms with E-state index in [-0.39, 0.29) is 12.3 Å². The zero-order chi connectivity index (χ0) is 19.1. The van der Waals surface area contributed by atoms with Gasteiger partial charge in [-0.05, 0) is 36.1 Å². The molecular weight excluding hydrogens is 422 g/mol. The summed E-state index contributed by atoms with van der Waals surface area (Å²) in [5, 5.41) is 4.68. The summed E-state index contributed by atoms with van der Waals surface area (Å²) in [6, 6.07) is 7.26. The van der Waals surface area contributed by atoms with Crippen LogP contribution in [0.25, 0.3) is 0 Å². The van der Waals surface area contributed by atoms with Gasteiger partial charge in [-0.3, -0.25) is 9.59 Å². The maximum Gasteiger partial charge on any atom is 0.311 e. The third-order valence-corrected chi connectivity index (χ3v) is 5.20. The van der Waals surface area contributed by atoms with Crippen molar-refractivity contribution in [3.05, 3.63) is 44.6 Å². The minimum Gasteiger partial charge on any atom is -0.493 e. The van der Waals surface area contributed by atoms with Gasteiger partial charge in [0.05, 0.1) is 27.2 Å². The molecule has 0 saturated carbocycles. The van der Waals surface area contributed by atoms with Crippen molar-refractivity contribution in [2.75, 3.05) is 14.2 Å². The normalized spacial score (nSPS) is 11.5. The first-order valence-electron chi connectivity index (χ1n) is 7.84. The molecule has 1 atom stereocenters. The minimum absolute atomic E-state index is 0.00345. The van der Waals surface area contributed by atoms with E-state index in [1.165, 1.54) is 14.2 Å². The summed E-state index contributed by atoms with van der Waals surface area (Å²) in [7, 11) is 3.06. The smallest absolute Gasteiger partial charge is 0.311 e. The zero-order valence-corrected chi connectivity index (χ0v) is 17.1. The Bertz CT molecular complexity index is 763. The fraction of sp³-hybridized carbons (Fsp3) is 0.333. The molecule has 140 valence electrons. The van der Waals surface area contributed by atoms with Gasteiger partial charge in [0.2, 0.25) is 0 Å². The predicted octanol–water partition coefficient (Wildman–Crippen LogP) is 3.32. The van der Waals surface area contributed by atoms with Gasteiger partial charge in [0.15, 0.2) is 17.6 Å². The van der Waals surface area contributed by atoms with Crippen LogP contribution in [0.3, 0.4) is 0 Å². The first-order valence-corrected chi connectivity index (χ1v) is 9.51. The SMILES string of the molecule is COc1cc(Br)c(CC(=O)O[C@H](C)C(=O)NCc2cccs2)cc1OC. The molecule has 1 aromatic heterocycles. The van der Waals surface area contributed by atoms with Gasteiger partial charge >= 0.3 is 5.97 Å². The Kier molecular flexibility index (Phi) is 7.47. The maximum absolute atomic E-state index is 12.2. The summed E-state index contributed by atoms with van der Waals surface area (Å²) in [5.41, 5.74) is 0.679. The topological polar surface area (TPSA) is 73.9 Å². The minimum atomic E-state index is -0.874. The molecule has 6 nitrogen and oxygen atoms in total. The van der Waals surface area contributed by atoms with Crippen molar-refractivity contribution in [2.24, 2.45) is 0 Å². The van der Waals surface area contributed by atoms with Gasteiger partial charge in [0.25, 0.3) is 5.91 Å². The van der Waals surface area contributed by atoms with E-state index in [0.29, 0.717) is 28.1 Å². The number of hydrogen-bond donors (Lipinski definition) is 1. The third kappa shape index (κ3) is 5.47. The fourth-order valence-corrected chi connectivity index (χ4v) is 3.32. The number of amides is 1. The Labute approximate surface area is 164 Å². The lowest BCUT2D eigenvalue weighted by molar-refractivity contribution is -0.154. The average Bonchev–Trinajstić information content (AvgIpc) is 3.14. The number of nitrogens with one attached hydrogen (secondary N) is 1. The number of esters is 1. The van der Waals surface area contributed by atoms with Crippen LogP contribution in [0.2, 0.25) is 0 Å². The number of halogens is 1. The van der Waals surface area contributed by atoms with E-state index in [9.17, 15) is 9.59 Å². The van der Waals surface area contributed by atoms with Gasteiger partial charge in [0, 0.05) is 9.35 Å². The molecule has 0 saturated heterocycles. The maximum atomic E-state index is 12.2. The number of carbonyl (C=O) groups is 2. The number of hydrogen-bond acceptors (Lipinski definition) is 6. The van der Waals surface area contributed by atoms with E-state index in [4.69, 9.17) is 14.2 Å². The number of methoxy groups -OCH3 is 2. The summed E-state index contributed by atoms with van der Waals surface area (Å²) in [6.45, 7) is 1.96. The molecule has 0 aliphatic rings. The molecule has 8 heteroatoms. The first-order chi connectivity index (χ1) is 12.4. The van der Waals surface area contributed by atoms with Gasteiger partial charge in [-0.15, -0.1) is 11.3 Å². The van der Waals surface area contributed by atoms with E-state index in [1.807, 2.05) is 17.5 Å². The van der Waals surface area contributed by atoms with Crippen molar-refractivity contribution in [2.45, 2.75) is 26.0 Å². The fourth-order valence-electron chi connectivity index (χ4n) is 2.21. The van der Waals surface area contributed by atoms with Crippen LogP contribution in [0, 0.1) is 0 Å². The molecule has 1 N–H and O–H groups in total. The quantitative estimate of drug-likeness (QED) is 0.635. The van der Waals surface area contributed by atoms with Crippen LogP contribution in [0.5, 0.6) is 11.5 Å². The van der Waals surface area contributed by atoms with E-state index < -0.39 is 12.1 Å². The molecule has 1 heterocycles. The van der Waals surface area contributed by atoms with Crippen molar-refractivity contribution in [1.29, 1.82) is 0 Å². The lowest BCUT2D eigenvalue weighted by atomic mass is 10.1. The molecule has 0 fully saturated rings. The molecule has 0 spiro atoms. The second-order valence-electron chi connectivity index (χ2n) is 5.40. The molecule has 2 aromatic rings. The second kappa shape index (κ2) is 9.59. The van der Waals surface area contributed by atoms with Crippen molar-refractivity contribution >= 4 is 39.1 Å². The number of thiophene rings is 1. The van der Waals surface area contributed by atoms with E-state index >= 15 is 0 Å². The molecule has 0 aliphatic heterocycles. The number of ether oxygens (including phenoxy) is 3. The molecule has 26 heavy (non-hydrogen) atoms. The molecule has 0 unspecified atom stereocenters. The summed E-state index contributed by atoms with van der Waals surface area (Å²) < 4.78 is 16.4. The van der Waals surface area contributed by atoms with Crippen LogP contribution < -0.4 is 14.8 Å². The van der Waals surface area contributed by atoms with Crippen molar-refractivity contribution in [3.63, 3.8) is 0 Å². The van der Waals surface area contributed by atoms with Gasteiger partial charge in [-0.25, -0.2) is 0 Å². The summed E-state index contributed by atoms with van der Waals surface area (Å²) >= 11 is 4.95. The van der Waals surface area contributed by atoms with Crippen molar-refractivity contribution in [3.8, 4) is 11.5 Å². The summed E-state index contributed by atoms with van der Waals surface area (Å²) in [6.07, 6.45) is -0.870. The molecule has 1 aromatic carbocycles. The van der Waals surface area contributed by atoms with Crippen LogP contribution in [0.4, 0.5) is 0 Å². The van der Waals surface area contributed by atoms with E-state index in [1.54, 1.807) is 30.4 Å². The van der Waals surface area contributed by atoms with Crippen LogP contribution in [0.15, 0.2) is 34.1 Å². The predicted molar refractivity (Wildman–Crippen MR) is 103 cm³/mol. The molecule has 0 bridgehead atoms. The standard InChI is InChI=1S/C18H20BrNO5S/c1-11(18(22)20-10-13-5-4-6-26-13)25-17(21)8-12-7-15(23-2)16(24-3)9-14(12)19/h4-7,9,11H,8,10H2,1-3H3,(H,20,22)/t11-/m1/s1. The van der Waals surface area contributed by atoms with Crippen LogP contribution in [0.1, 0.15) is 17.4 Å². The number of benzene rings is 1. The molecular formula is C18H20BrNO5S. The van der Waals surface area contributed by atoms with E-state index in [2.05, 4.69) is 21.2 Å². The van der Waals surface area contributed by atoms with Gasteiger partial charge < -0.3 is 19.5 Å². The van der Waals surface area contributed by atoms with Crippen LogP contribution in [-0.2, 0) is 27.3 Å². The van der Waals surface area contributed by atoms with Crippen LogP contribution in [-0.4, -0.2) is 32.2 Å². The Morgan fingerprint density at radius 2 is 1.92 bits per heavy atom. The molecule has 0 aliphatic carbocycles. The first kappa shape index (κ1) is 20.3. The van der Waals surface area contributed by atoms with Gasteiger partial charge in [-0.1, -0.05) is 22.0 Å². The Balaban J connectivity index is 1.92. The third-order valence-electron chi connectivity index (χ3n) is 3.58. The summed E-state index contributed by atoms with van der Waals surface area (Å²) in [5.74, 6) is 0.230. The monoisotopic (exact) mass is 441 g/mol. The lowest BCUT2D eigenvalue weighted by Gasteiger charge is -2.15. The highest BCUT2D eigenvalue weighted by molar-refractivity contribution is 9.10. The molecule has 1 amide bonds. The van der Waals surface area contributed by atoms with Crippen LogP contribution >= 0.6 is 27.3 Å². The highest BCUT2D eigenvalue weighted by Gasteiger charge is 2.19. The zero-order valence-electron chi connectivity index (χ0n) is 14.7. The van der Waals surface area contributed by atoms with Crippen molar-refractivity contribution < 1.29 is 23.8 Å². The Hall–Kier alpha value is -2.06. The lowest BCUT2D eigenvalue weighted by Crippen LogP contribution is -2.35.